The van der Waals surface area contributed by atoms with Crippen molar-refractivity contribution in [2.75, 3.05) is 25.1 Å². The quantitative estimate of drug-likeness (QED) is 0.656. The van der Waals surface area contributed by atoms with Gasteiger partial charge in [0.25, 0.3) is 5.91 Å². The molecule has 1 N–H and O–H groups in total. The number of carbonyl (C=O) groups is 1. The Labute approximate surface area is 120 Å². The van der Waals surface area contributed by atoms with Gasteiger partial charge in [-0.3, -0.25) is 9.78 Å². The minimum absolute atomic E-state index is 0.0896. The number of alkyl halides is 1. The van der Waals surface area contributed by atoms with E-state index < -0.39 is 0 Å². The molecule has 100 valence electrons. The highest BCUT2D eigenvalue weighted by Gasteiger charge is 2.05. The number of benzene rings is 1. The molecule has 0 aliphatic rings. The lowest BCUT2D eigenvalue weighted by molar-refractivity contribution is 0.0924. The first kappa shape index (κ1) is 14.0. The largest absolute Gasteiger partial charge is 0.379 e. The van der Waals surface area contributed by atoms with Gasteiger partial charge in [-0.05, 0) is 24.3 Å². The van der Waals surface area contributed by atoms with Crippen molar-refractivity contribution in [2.45, 2.75) is 0 Å². The van der Waals surface area contributed by atoms with E-state index in [9.17, 15) is 4.79 Å². The second-order valence-corrected chi connectivity index (χ2v) is 4.76. The zero-order chi connectivity index (χ0) is 13.5. The molecule has 4 nitrogen and oxygen atoms in total. The van der Waals surface area contributed by atoms with E-state index >= 15 is 0 Å². The molecular weight excluding hydrogens is 308 g/mol. The average Bonchev–Trinajstić information content (AvgIpc) is 2.46. The molecule has 19 heavy (non-hydrogen) atoms. The highest BCUT2D eigenvalue weighted by molar-refractivity contribution is 9.09. The van der Waals surface area contributed by atoms with Crippen LogP contribution in [0, 0.1) is 0 Å². The Balaban J connectivity index is 1.93. The first-order valence-corrected chi connectivity index (χ1v) is 7.20. The molecule has 1 aromatic carbocycles. The topological polar surface area (TPSA) is 51.2 Å². The van der Waals surface area contributed by atoms with Gasteiger partial charge in [0, 0.05) is 29.0 Å². The van der Waals surface area contributed by atoms with E-state index in [4.69, 9.17) is 4.74 Å². The Morgan fingerprint density at radius 1 is 1.32 bits per heavy atom. The van der Waals surface area contributed by atoms with E-state index in [1.807, 2.05) is 24.3 Å². The Hall–Kier alpha value is -1.46. The van der Waals surface area contributed by atoms with Crippen LogP contribution in [0.3, 0.4) is 0 Å². The van der Waals surface area contributed by atoms with Crippen LogP contribution in [0.15, 0.2) is 36.5 Å². The number of rotatable bonds is 6. The summed E-state index contributed by atoms with van der Waals surface area (Å²) in [5, 5.41) is 4.59. The number of nitrogens with one attached hydrogen (secondary N) is 1. The lowest BCUT2D eigenvalue weighted by Crippen LogP contribution is -2.27. The smallest absolute Gasteiger partial charge is 0.251 e. The number of fused-ring (bicyclic) bond motifs is 1. The van der Waals surface area contributed by atoms with E-state index in [1.165, 1.54) is 0 Å². The maximum absolute atomic E-state index is 11.9. The van der Waals surface area contributed by atoms with Crippen molar-refractivity contribution in [1.82, 2.24) is 10.3 Å². The zero-order valence-electron chi connectivity index (χ0n) is 10.4. The summed E-state index contributed by atoms with van der Waals surface area (Å²) in [7, 11) is 0. The fourth-order valence-corrected chi connectivity index (χ4v) is 1.94. The standard InChI is InChI=1S/C14H15BrN2O2/c15-5-8-19-9-7-17-14(18)12-3-4-13-11(10-12)2-1-6-16-13/h1-4,6,10H,5,7-9H2,(H,17,18). The summed E-state index contributed by atoms with van der Waals surface area (Å²) in [6.07, 6.45) is 1.74. The van der Waals surface area contributed by atoms with Crippen LogP contribution in [-0.2, 0) is 4.74 Å². The molecule has 1 aromatic heterocycles. The van der Waals surface area contributed by atoms with Crippen LogP contribution in [-0.4, -0.2) is 36.0 Å². The van der Waals surface area contributed by atoms with Crippen LogP contribution < -0.4 is 5.32 Å². The summed E-state index contributed by atoms with van der Waals surface area (Å²) in [6, 6.07) is 9.28. The molecule has 0 aliphatic heterocycles. The molecule has 0 bridgehead atoms. The van der Waals surface area contributed by atoms with Crippen molar-refractivity contribution in [3.63, 3.8) is 0 Å². The number of halogens is 1. The van der Waals surface area contributed by atoms with Crippen LogP contribution >= 0.6 is 15.9 Å². The van der Waals surface area contributed by atoms with Gasteiger partial charge in [-0.15, -0.1) is 0 Å². The van der Waals surface area contributed by atoms with Gasteiger partial charge in [-0.2, -0.15) is 0 Å². The zero-order valence-corrected chi connectivity index (χ0v) is 12.0. The van der Waals surface area contributed by atoms with Crippen LogP contribution in [0.5, 0.6) is 0 Å². The number of pyridine rings is 1. The maximum Gasteiger partial charge on any atom is 0.251 e. The summed E-state index contributed by atoms with van der Waals surface area (Å²) < 4.78 is 5.27. The van der Waals surface area contributed by atoms with Crippen LogP contribution in [0.2, 0.25) is 0 Å². The normalized spacial score (nSPS) is 10.6. The molecule has 0 radical (unpaired) electrons. The number of ether oxygens (including phenoxy) is 1. The van der Waals surface area contributed by atoms with E-state index in [0.29, 0.717) is 25.3 Å². The second kappa shape index (κ2) is 7.21. The monoisotopic (exact) mass is 322 g/mol. The van der Waals surface area contributed by atoms with E-state index in [-0.39, 0.29) is 5.91 Å². The molecule has 0 fully saturated rings. The number of hydrogen-bond donors (Lipinski definition) is 1. The number of carbonyl (C=O) groups excluding carboxylic acids is 1. The summed E-state index contributed by atoms with van der Waals surface area (Å²) in [4.78, 5) is 16.1. The molecule has 1 heterocycles. The van der Waals surface area contributed by atoms with Crippen LogP contribution in [0.1, 0.15) is 10.4 Å². The molecule has 2 aromatic rings. The van der Waals surface area contributed by atoms with Crippen molar-refractivity contribution in [3.05, 3.63) is 42.1 Å². The van der Waals surface area contributed by atoms with Crippen molar-refractivity contribution in [1.29, 1.82) is 0 Å². The predicted molar refractivity (Wildman–Crippen MR) is 78.7 cm³/mol. The molecule has 0 saturated heterocycles. The third-order valence-electron chi connectivity index (χ3n) is 2.62. The number of aromatic nitrogens is 1. The molecular formula is C14H15BrN2O2. The van der Waals surface area contributed by atoms with Gasteiger partial charge in [-0.1, -0.05) is 22.0 Å². The van der Waals surface area contributed by atoms with Gasteiger partial charge in [0.05, 0.1) is 18.7 Å². The van der Waals surface area contributed by atoms with Gasteiger partial charge in [0.15, 0.2) is 0 Å². The second-order valence-electron chi connectivity index (χ2n) is 3.97. The first-order valence-electron chi connectivity index (χ1n) is 6.08. The molecule has 0 aliphatic carbocycles. The van der Waals surface area contributed by atoms with Crippen molar-refractivity contribution in [2.24, 2.45) is 0 Å². The highest BCUT2D eigenvalue weighted by atomic mass is 79.9. The third kappa shape index (κ3) is 4.01. The molecule has 0 spiro atoms. The minimum Gasteiger partial charge on any atom is -0.379 e. The number of nitrogens with zero attached hydrogens (tertiary/aromatic N) is 1. The van der Waals surface area contributed by atoms with Gasteiger partial charge in [0.1, 0.15) is 0 Å². The summed E-state index contributed by atoms with van der Waals surface area (Å²) in [5.41, 5.74) is 1.53. The number of hydrogen-bond acceptors (Lipinski definition) is 3. The SMILES string of the molecule is O=C(NCCOCCBr)c1ccc2ncccc2c1. The average molecular weight is 323 g/mol. The Morgan fingerprint density at radius 2 is 2.21 bits per heavy atom. The Bertz CT molecular complexity index is 560. The van der Waals surface area contributed by atoms with Crippen LogP contribution in [0.25, 0.3) is 10.9 Å². The number of amides is 1. The van der Waals surface area contributed by atoms with Crippen LogP contribution in [0.4, 0.5) is 0 Å². The molecule has 2 rings (SSSR count). The first-order chi connectivity index (χ1) is 9.31. The lowest BCUT2D eigenvalue weighted by atomic mass is 10.1. The van der Waals surface area contributed by atoms with Gasteiger partial charge >= 0.3 is 0 Å². The van der Waals surface area contributed by atoms with Gasteiger partial charge in [-0.25, -0.2) is 0 Å². The van der Waals surface area contributed by atoms with E-state index in [2.05, 4.69) is 26.2 Å². The van der Waals surface area contributed by atoms with E-state index in [1.54, 1.807) is 12.3 Å². The van der Waals surface area contributed by atoms with Crippen molar-refractivity contribution >= 4 is 32.7 Å². The summed E-state index contributed by atoms with van der Waals surface area (Å²) in [5.74, 6) is -0.0896. The van der Waals surface area contributed by atoms with Gasteiger partial charge in [0.2, 0.25) is 0 Å². The highest BCUT2D eigenvalue weighted by Crippen LogP contribution is 2.13. The predicted octanol–water partition coefficient (Wildman–Crippen LogP) is 2.38. The Kier molecular flexibility index (Phi) is 5.30. The van der Waals surface area contributed by atoms with Crippen molar-refractivity contribution in [3.8, 4) is 0 Å². The summed E-state index contributed by atoms with van der Waals surface area (Å²) >= 11 is 3.27. The minimum atomic E-state index is -0.0896. The Morgan fingerprint density at radius 3 is 3.05 bits per heavy atom. The molecule has 0 unspecified atom stereocenters. The third-order valence-corrected chi connectivity index (χ3v) is 2.94. The molecule has 0 atom stereocenters. The lowest BCUT2D eigenvalue weighted by Gasteiger charge is -2.06. The molecule has 0 saturated carbocycles. The molecule has 1 amide bonds. The fourth-order valence-electron chi connectivity index (χ4n) is 1.71. The maximum atomic E-state index is 11.9. The van der Waals surface area contributed by atoms with E-state index in [0.717, 1.165) is 16.2 Å². The molecule has 5 heteroatoms. The van der Waals surface area contributed by atoms with Gasteiger partial charge < -0.3 is 10.1 Å². The fraction of sp³-hybridized carbons (Fsp3) is 0.286. The van der Waals surface area contributed by atoms with Crippen molar-refractivity contribution < 1.29 is 9.53 Å². The summed E-state index contributed by atoms with van der Waals surface area (Å²) in [6.45, 7) is 1.68.